The third-order valence-electron chi connectivity index (χ3n) is 2.96. The first-order chi connectivity index (χ1) is 8.89. The normalized spacial score (nSPS) is 15.9. The van der Waals surface area contributed by atoms with Gasteiger partial charge < -0.3 is 10.2 Å². The molecule has 0 unspecified atom stereocenters. The maximum absolute atomic E-state index is 12.4. The summed E-state index contributed by atoms with van der Waals surface area (Å²) in [4.78, 5) is 11.1. The Labute approximate surface area is 110 Å². The van der Waals surface area contributed by atoms with Crippen LogP contribution in [-0.2, 0) is 10.0 Å². The number of aromatic amines is 1. The van der Waals surface area contributed by atoms with Gasteiger partial charge in [0.05, 0.1) is 6.61 Å². The van der Waals surface area contributed by atoms with Crippen molar-refractivity contribution in [1.29, 1.82) is 0 Å². The van der Waals surface area contributed by atoms with Crippen LogP contribution < -0.4 is 0 Å². The number of nitrogens with zero attached hydrogens (tertiary/aromatic N) is 2. The zero-order chi connectivity index (χ0) is 14.2. The van der Waals surface area contributed by atoms with Gasteiger partial charge in [-0.15, -0.1) is 0 Å². The Balaban J connectivity index is 2.46. The fourth-order valence-corrected chi connectivity index (χ4v) is 3.72. The molecule has 3 N–H and O–H groups in total. The molecule has 1 aromatic rings. The molecule has 0 radical (unpaired) electrons. The smallest absolute Gasteiger partial charge is 0.340 e. The van der Waals surface area contributed by atoms with Crippen molar-refractivity contribution in [3.63, 3.8) is 0 Å². The molecule has 0 aromatic carbocycles. The molecule has 0 atom stereocenters. The molecule has 1 aliphatic rings. The molecule has 1 aliphatic carbocycles. The summed E-state index contributed by atoms with van der Waals surface area (Å²) in [6.45, 7) is 1.07. The number of hydrogen-bond acceptors (Lipinski definition) is 5. The van der Waals surface area contributed by atoms with Crippen LogP contribution in [0.1, 0.15) is 28.9 Å². The molecule has 1 saturated carbocycles. The van der Waals surface area contributed by atoms with E-state index in [2.05, 4.69) is 10.2 Å². The number of rotatable bonds is 6. The van der Waals surface area contributed by atoms with Gasteiger partial charge in [0.1, 0.15) is 5.56 Å². The molecule has 0 bridgehead atoms. The van der Waals surface area contributed by atoms with Crippen molar-refractivity contribution >= 4 is 16.0 Å². The Morgan fingerprint density at radius 2 is 2.16 bits per heavy atom. The number of H-pyrrole nitrogens is 1. The molecule has 0 spiro atoms. The van der Waals surface area contributed by atoms with E-state index in [1.165, 1.54) is 6.92 Å². The quantitative estimate of drug-likeness (QED) is 0.652. The van der Waals surface area contributed by atoms with E-state index in [1.807, 2.05) is 0 Å². The maximum Gasteiger partial charge on any atom is 0.340 e. The number of hydrogen-bond donors (Lipinski definition) is 3. The number of nitrogens with one attached hydrogen (secondary N) is 1. The third-order valence-corrected chi connectivity index (χ3v) is 4.84. The lowest BCUT2D eigenvalue weighted by molar-refractivity contribution is 0.0691. The zero-order valence-electron chi connectivity index (χ0n) is 10.3. The first-order valence-corrected chi connectivity index (χ1v) is 7.24. The van der Waals surface area contributed by atoms with E-state index < -0.39 is 21.0 Å². The summed E-state index contributed by atoms with van der Waals surface area (Å²) in [5.41, 5.74) is -0.158. The zero-order valence-corrected chi connectivity index (χ0v) is 11.1. The van der Waals surface area contributed by atoms with Gasteiger partial charge in [-0.2, -0.15) is 9.40 Å². The Bertz CT molecular complexity index is 590. The van der Waals surface area contributed by atoms with Crippen LogP contribution in [0.4, 0.5) is 0 Å². The number of aromatic nitrogens is 2. The van der Waals surface area contributed by atoms with Gasteiger partial charge in [-0.1, -0.05) is 0 Å². The van der Waals surface area contributed by atoms with Crippen molar-refractivity contribution in [1.82, 2.24) is 14.5 Å². The van der Waals surface area contributed by atoms with Crippen LogP contribution >= 0.6 is 0 Å². The Morgan fingerprint density at radius 1 is 1.53 bits per heavy atom. The lowest BCUT2D eigenvalue weighted by Gasteiger charge is -2.19. The summed E-state index contributed by atoms with van der Waals surface area (Å²) in [6.07, 6.45) is 1.43. The molecule has 106 valence electrons. The van der Waals surface area contributed by atoms with Crippen molar-refractivity contribution in [2.45, 2.75) is 30.8 Å². The first kappa shape index (κ1) is 14.0. The van der Waals surface area contributed by atoms with E-state index >= 15 is 0 Å². The topological polar surface area (TPSA) is 124 Å². The summed E-state index contributed by atoms with van der Waals surface area (Å²) >= 11 is 0. The minimum atomic E-state index is -4.00. The second-order valence-corrected chi connectivity index (χ2v) is 6.21. The van der Waals surface area contributed by atoms with Crippen LogP contribution in [0.15, 0.2) is 5.03 Å². The average molecular weight is 289 g/mol. The second kappa shape index (κ2) is 4.91. The van der Waals surface area contributed by atoms with E-state index in [0.717, 1.165) is 4.31 Å². The van der Waals surface area contributed by atoms with Crippen molar-refractivity contribution in [3.05, 3.63) is 11.3 Å². The monoisotopic (exact) mass is 289 g/mol. The minimum Gasteiger partial charge on any atom is -0.478 e. The molecule has 0 aliphatic heterocycles. The van der Waals surface area contributed by atoms with Gasteiger partial charge in [0, 0.05) is 18.3 Å². The summed E-state index contributed by atoms with van der Waals surface area (Å²) in [5, 5.41) is 23.5. The summed E-state index contributed by atoms with van der Waals surface area (Å²) in [6, 6.07) is -0.171. The predicted octanol–water partition coefficient (Wildman–Crippen LogP) is -0.438. The molecule has 19 heavy (non-hydrogen) atoms. The Kier molecular flexibility index (Phi) is 3.61. The molecule has 1 fully saturated rings. The lowest BCUT2D eigenvalue weighted by atomic mass is 10.3. The molecular formula is C10H15N3O5S. The highest BCUT2D eigenvalue weighted by atomic mass is 32.2. The van der Waals surface area contributed by atoms with Crippen LogP contribution in [0.5, 0.6) is 0 Å². The first-order valence-electron chi connectivity index (χ1n) is 5.80. The van der Waals surface area contributed by atoms with Crippen LogP contribution in [0.2, 0.25) is 0 Å². The van der Waals surface area contributed by atoms with Gasteiger partial charge in [0.15, 0.2) is 0 Å². The number of carbonyl (C=O) groups is 1. The number of aromatic carboxylic acids is 1. The molecule has 9 heteroatoms. The van der Waals surface area contributed by atoms with Gasteiger partial charge in [0.2, 0.25) is 5.03 Å². The third kappa shape index (κ3) is 2.48. The minimum absolute atomic E-state index is 0.0576. The fourth-order valence-electron chi connectivity index (χ4n) is 1.92. The number of sulfonamides is 1. The summed E-state index contributed by atoms with van der Waals surface area (Å²) in [5.74, 6) is -1.34. The summed E-state index contributed by atoms with van der Waals surface area (Å²) < 4.78 is 25.9. The molecule has 0 amide bonds. The van der Waals surface area contributed by atoms with E-state index in [1.54, 1.807) is 0 Å². The number of carboxylic acids is 1. The van der Waals surface area contributed by atoms with Crippen LogP contribution in [0.25, 0.3) is 0 Å². The average Bonchev–Trinajstić information content (AvgIpc) is 3.07. The molecule has 1 heterocycles. The lowest BCUT2D eigenvalue weighted by Crippen LogP contribution is -2.36. The maximum atomic E-state index is 12.4. The van der Waals surface area contributed by atoms with Crippen molar-refractivity contribution in [3.8, 4) is 0 Å². The highest BCUT2D eigenvalue weighted by Gasteiger charge is 2.41. The SMILES string of the molecule is Cc1[nH]nc(S(=O)(=O)N(CCO)C2CC2)c1C(=O)O. The molecular weight excluding hydrogens is 274 g/mol. The molecule has 0 saturated heterocycles. The van der Waals surface area contributed by atoms with Gasteiger partial charge in [-0.25, -0.2) is 13.2 Å². The highest BCUT2D eigenvalue weighted by molar-refractivity contribution is 7.89. The van der Waals surface area contributed by atoms with E-state index in [0.29, 0.717) is 12.8 Å². The molecule has 1 aromatic heterocycles. The van der Waals surface area contributed by atoms with Gasteiger partial charge >= 0.3 is 5.97 Å². The second-order valence-electron chi connectivity index (χ2n) is 4.40. The van der Waals surface area contributed by atoms with Crippen molar-refractivity contribution < 1.29 is 23.4 Å². The fraction of sp³-hybridized carbons (Fsp3) is 0.600. The standard InChI is InChI=1S/C10H15N3O5S/c1-6-8(10(15)16)9(12-11-6)19(17,18)13(4-5-14)7-2-3-7/h7,14H,2-5H2,1H3,(H,11,12)(H,15,16). The van der Waals surface area contributed by atoms with Crippen LogP contribution in [-0.4, -0.2) is 58.3 Å². The van der Waals surface area contributed by atoms with Gasteiger partial charge in [-0.05, 0) is 19.8 Å². The summed E-state index contributed by atoms with van der Waals surface area (Å²) in [7, 11) is -4.00. The number of aliphatic hydroxyl groups is 1. The predicted molar refractivity (Wildman–Crippen MR) is 64.3 cm³/mol. The Morgan fingerprint density at radius 3 is 2.63 bits per heavy atom. The van der Waals surface area contributed by atoms with Gasteiger partial charge in [-0.3, -0.25) is 5.10 Å². The van der Waals surface area contributed by atoms with E-state index in [4.69, 9.17) is 10.2 Å². The highest BCUT2D eigenvalue weighted by Crippen LogP contribution is 2.32. The Hall–Kier alpha value is -1.45. The van der Waals surface area contributed by atoms with Gasteiger partial charge in [0.25, 0.3) is 10.0 Å². The number of aliphatic hydroxyl groups excluding tert-OH is 1. The largest absolute Gasteiger partial charge is 0.478 e. The van der Waals surface area contributed by atoms with Crippen molar-refractivity contribution in [2.75, 3.05) is 13.2 Å². The van der Waals surface area contributed by atoms with E-state index in [9.17, 15) is 13.2 Å². The molecule has 2 rings (SSSR count). The number of carboxylic acid groups (broad SMARTS) is 1. The van der Waals surface area contributed by atoms with Crippen molar-refractivity contribution in [2.24, 2.45) is 0 Å². The molecule has 8 nitrogen and oxygen atoms in total. The number of aryl methyl sites for hydroxylation is 1. The van der Waals surface area contributed by atoms with Crippen LogP contribution in [0.3, 0.4) is 0 Å². The van der Waals surface area contributed by atoms with E-state index in [-0.39, 0.29) is 30.5 Å². The van der Waals surface area contributed by atoms with Crippen LogP contribution in [0, 0.1) is 6.92 Å².